The van der Waals surface area contributed by atoms with Crippen LogP contribution in [-0.2, 0) is 9.53 Å². The lowest BCUT2D eigenvalue weighted by atomic mass is 9.41. The average Bonchev–Trinajstić information content (AvgIpc) is 3.31. The Morgan fingerprint density at radius 2 is 1.23 bits per heavy atom. The van der Waals surface area contributed by atoms with Crippen LogP contribution in [0.4, 0.5) is 0 Å². The number of carbonyl (C=O) groups excluding carboxylic acids is 1. The number of aliphatic hydroxyl groups is 1. The molecule has 0 heterocycles. The van der Waals surface area contributed by atoms with Crippen molar-refractivity contribution in [2.24, 2.45) is 73.9 Å². The Hall–Kier alpha value is -0.570. The molecule has 0 aliphatic heterocycles. The van der Waals surface area contributed by atoms with Gasteiger partial charge in [0.1, 0.15) is 12.2 Å². The Labute approximate surface area is 263 Å². The number of hydrogen-bond acceptors (Lipinski definition) is 3. The molecule has 8 fully saturated rings. The van der Waals surface area contributed by atoms with Gasteiger partial charge >= 0.3 is 5.97 Å². The van der Waals surface area contributed by atoms with Gasteiger partial charge in [-0.1, -0.05) is 54.4 Å². The third kappa shape index (κ3) is 4.03. The Bertz CT molecular complexity index is 1160. The van der Waals surface area contributed by atoms with Crippen LogP contribution in [0.15, 0.2) is 0 Å². The molecule has 8 rings (SSSR count). The van der Waals surface area contributed by atoms with Crippen molar-refractivity contribution in [2.45, 2.75) is 163 Å². The first kappa shape index (κ1) is 29.8. The van der Waals surface area contributed by atoms with Crippen molar-refractivity contribution in [1.82, 2.24) is 0 Å². The Morgan fingerprint density at radius 3 is 1.88 bits per heavy atom. The quantitative estimate of drug-likeness (QED) is 0.332. The summed E-state index contributed by atoms with van der Waals surface area (Å²) < 4.78 is 6.32. The van der Waals surface area contributed by atoms with E-state index < -0.39 is 5.60 Å². The van der Waals surface area contributed by atoms with Gasteiger partial charge in [-0.15, -0.1) is 0 Å². The summed E-state index contributed by atoms with van der Waals surface area (Å²) in [5, 5.41) is 12.3. The normalized spacial score (nSPS) is 55.8. The van der Waals surface area contributed by atoms with Crippen molar-refractivity contribution in [3.63, 3.8) is 0 Å². The van der Waals surface area contributed by atoms with E-state index in [1.807, 2.05) is 0 Å². The summed E-state index contributed by atoms with van der Waals surface area (Å²) in [5.74, 6) is 4.09. The second-order valence-electron chi connectivity index (χ2n) is 20.4. The number of carbonyl (C=O) groups is 1. The van der Waals surface area contributed by atoms with Gasteiger partial charge in [0.05, 0.1) is 5.92 Å². The molecule has 3 nitrogen and oxygen atoms in total. The molecule has 0 radical (unpaired) electrons. The molecule has 2 spiro atoms. The smallest absolute Gasteiger partial charge is 0.309 e. The predicted molar refractivity (Wildman–Crippen MR) is 172 cm³/mol. The molecule has 8 aliphatic rings. The third-order valence-electron chi connectivity index (χ3n) is 17.8. The van der Waals surface area contributed by atoms with Crippen molar-refractivity contribution < 1.29 is 14.6 Å². The molecule has 4 bridgehead atoms. The molecule has 3 heteroatoms. The minimum Gasteiger partial charge on any atom is -0.462 e. The van der Waals surface area contributed by atoms with Crippen molar-refractivity contribution in [3.05, 3.63) is 0 Å². The second-order valence-corrected chi connectivity index (χ2v) is 20.4. The lowest BCUT2D eigenvalue weighted by molar-refractivity contribution is -0.161. The fourth-order valence-electron chi connectivity index (χ4n) is 16.5. The summed E-state index contributed by atoms with van der Waals surface area (Å²) in [7, 11) is 0. The molecule has 1 N–H and O–H groups in total. The van der Waals surface area contributed by atoms with E-state index >= 15 is 0 Å². The lowest BCUT2D eigenvalue weighted by Gasteiger charge is -2.64. The highest BCUT2D eigenvalue weighted by Gasteiger charge is 2.68. The van der Waals surface area contributed by atoms with Crippen molar-refractivity contribution in [2.75, 3.05) is 6.61 Å². The van der Waals surface area contributed by atoms with Crippen molar-refractivity contribution in [1.29, 1.82) is 0 Å². The molecule has 0 amide bonds. The number of ether oxygens (including phenoxy) is 1. The van der Waals surface area contributed by atoms with Crippen LogP contribution in [0.5, 0.6) is 0 Å². The van der Waals surface area contributed by atoms with Gasteiger partial charge in [0.25, 0.3) is 0 Å². The van der Waals surface area contributed by atoms with Crippen LogP contribution in [0.2, 0.25) is 0 Å². The zero-order valence-corrected chi connectivity index (χ0v) is 28.7. The topological polar surface area (TPSA) is 46.5 Å². The zero-order chi connectivity index (χ0) is 30.3. The minimum atomic E-state index is -0.814. The van der Waals surface area contributed by atoms with Crippen LogP contribution < -0.4 is 0 Å². The predicted octanol–water partition coefficient (Wildman–Crippen LogP) is 9.74. The molecule has 8 aliphatic carbocycles. The maximum absolute atomic E-state index is 14.0. The Kier molecular flexibility index (Phi) is 6.43. The second kappa shape index (κ2) is 9.28. The summed E-state index contributed by atoms with van der Waals surface area (Å²) in [6.07, 6.45) is 22.8. The summed E-state index contributed by atoms with van der Waals surface area (Å²) >= 11 is 0. The van der Waals surface area contributed by atoms with E-state index in [0.29, 0.717) is 38.9 Å². The molecule has 0 saturated heterocycles. The molecule has 0 aromatic carbocycles. The Morgan fingerprint density at radius 1 is 0.651 bits per heavy atom. The molecule has 12 unspecified atom stereocenters. The molecular weight excluding hydrogens is 528 g/mol. The first-order valence-corrected chi connectivity index (χ1v) is 19.1. The van der Waals surface area contributed by atoms with Gasteiger partial charge in [0.2, 0.25) is 0 Å². The Balaban J connectivity index is 0.962. The van der Waals surface area contributed by atoms with E-state index in [1.54, 1.807) is 0 Å². The van der Waals surface area contributed by atoms with Gasteiger partial charge in [0.15, 0.2) is 0 Å². The van der Waals surface area contributed by atoms with E-state index in [1.165, 1.54) is 96.3 Å². The van der Waals surface area contributed by atoms with Gasteiger partial charge in [-0.25, -0.2) is 0 Å². The van der Waals surface area contributed by atoms with Crippen LogP contribution in [0.3, 0.4) is 0 Å². The van der Waals surface area contributed by atoms with E-state index in [4.69, 9.17) is 4.74 Å². The maximum Gasteiger partial charge on any atom is 0.309 e. The average molecular weight is 593 g/mol. The van der Waals surface area contributed by atoms with E-state index in [0.717, 1.165) is 42.9 Å². The van der Waals surface area contributed by atoms with E-state index in [9.17, 15) is 9.90 Å². The minimum absolute atomic E-state index is 0.0485. The van der Waals surface area contributed by atoms with E-state index in [-0.39, 0.29) is 23.9 Å². The lowest BCUT2D eigenvalue weighted by Crippen LogP contribution is -2.55. The summed E-state index contributed by atoms with van der Waals surface area (Å²) in [6.45, 7) is 15.7. The zero-order valence-electron chi connectivity index (χ0n) is 28.7. The first-order valence-electron chi connectivity index (χ1n) is 19.1. The summed E-state index contributed by atoms with van der Waals surface area (Å²) in [6, 6.07) is 0. The fraction of sp³-hybridized carbons (Fsp3) is 0.975. The van der Waals surface area contributed by atoms with Gasteiger partial charge in [-0.2, -0.15) is 0 Å². The number of fused-ring (bicyclic) bond motifs is 6. The van der Waals surface area contributed by atoms with Gasteiger partial charge in [-0.3, -0.25) is 4.79 Å². The van der Waals surface area contributed by atoms with Crippen molar-refractivity contribution in [3.8, 4) is 0 Å². The van der Waals surface area contributed by atoms with Crippen LogP contribution in [0.1, 0.15) is 157 Å². The van der Waals surface area contributed by atoms with Crippen LogP contribution in [-0.4, -0.2) is 23.3 Å². The van der Waals surface area contributed by atoms with Gasteiger partial charge in [-0.05, 0) is 171 Å². The number of esters is 1. The highest BCUT2D eigenvalue weighted by atomic mass is 16.5. The maximum atomic E-state index is 14.0. The van der Waals surface area contributed by atoms with Gasteiger partial charge in [0, 0.05) is 0 Å². The first-order chi connectivity index (χ1) is 20.2. The molecule has 43 heavy (non-hydrogen) atoms. The molecule has 0 aromatic rings. The summed E-state index contributed by atoms with van der Waals surface area (Å²) in [5.41, 5.74) is 1.57. The number of hydrogen-bond donors (Lipinski definition) is 1. The molecule has 242 valence electrons. The molecule has 0 aromatic heterocycles. The van der Waals surface area contributed by atoms with Gasteiger partial charge < -0.3 is 9.84 Å². The number of rotatable bonds is 3. The SMILES string of the molecule is CC1(C)CCCC2(C)C1CCC13CC(CCC12)C(C(=O)OCC1(O)CC24CCC5C(C)(C)CCCC5(C)C2CCC1C4)C3. The summed E-state index contributed by atoms with van der Waals surface area (Å²) in [4.78, 5) is 14.0. The van der Waals surface area contributed by atoms with Crippen LogP contribution in [0, 0.1) is 73.9 Å². The molecule has 8 saturated carbocycles. The van der Waals surface area contributed by atoms with E-state index in [2.05, 4.69) is 41.5 Å². The van der Waals surface area contributed by atoms with Crippen molar-refractivity contribution >= 4 is 5.97 Å². The highest BCUT2D eigenvalue weighted by Crippen LogP contribution is 2.74. The standard InChI is InChI=1S/C40H64O3/c1-34(2)15-7-17-36(5)29(34)13-19-38-21-26(9-11-31(36)38)28(23-38)33(41)43-25-40(42)24-39-20-14-30-35(3,4)16-8-18-37(30,6)32(39)12-10-27(40)22-39/h26-32,42H,7-25H2,1-6H3. The highest BCUT2D eigenvalue weighted by molar-refractivity contribution is 5.73. The monoisotopic (exact) mass is 592 g/mol. The largest absolute Gasteiger partial charge is 0.462 e. The third-order valence-corrected chi connectivity index (χ3v) is 17.8. The van der Waals surface area contributed by atoms with Crippen LogP contribution >= 0.6 is 0 Å². The molecule has 12 atom stereocenters. The van der Waals surface area contributed by atoms with Crippen LogP contribution in [0.25, 0.3) is 0 Å². The fourth-order valence-corrected chi connectivity index (χ4v) is 16.5. The molecular formula is C40H64O3.